The summed E-state index contributed by atoms with van der Waals surface area (Å²) in [6, 6.07) is 0. The summed E-state index contributed by atoms with van der Waals surface area (Å²) in [6.45, 7) is 1.66. The monoisotopic (exact) mass is 349 g/mol. The second kappa shape index (κ2) is 8.70. The summed E-state index contributed by atoms with van der Waals surface area (Å²) in [5.41, 5.74) is 1.38. The molecule has 0 radical (unpaired) electrons. The summed E-state index contributed by atoms with van der Waals surface area (Å²) in [7, 11) is 4.10. The maximum atomic E-state index is 10.4. The molecule has 0 aromatic heterocycles. The molecule has 3 aliphatic rings. The summed E-state index contributed by atoms with van der Waals surface area (Å²) < 4.78 is 5.70. The second-order valence-electron chi connectivity index (χ2n) is 8.58. The zero-order valence-electron chi connectivity index (χ0n) is 15.8. The van der Waals surface area contributed by atoms with Crippen LogP contribution in [0.2, 0.25) is 0 Å². The van der Waals surface area contributed by atoms with E-state index in [9.17, 15) is 10.2 Å². The van der Waals surface area contributed by atoms with Crippen molar-refractivity contribution in [1.82, 2.24) is 4.90 Å². The van der Waals surface area contributed by atoms with Gasteiger partial charge in [0.1, 0.15) is 0 Å². The molecule has 0 spiro atoms. The Morgan fingerprint density at radius 2 is 2.00 bits per heavy atom. The molecule has 3 rings (SSSR count). The normalized spacial score (nSPS) is 36.0. The van der Waals surface area contributed by atoms with Crippen LogP contribution in [0, 0.1) is 23.7 Å². The largest absolute Gasteiger partial charge is 0.500 e. The predicted molar refractivity (Wildman–Crippen MR) is 100 cm³/mol. The molecule has 1 unspecified atom stereocenters. The van der Waals surface area contributed by atoms with Gasteiger partial charge in [-0.25, -0.2) is 0 Å². The van der Waals surface area contributed by atoms with Crippen LogP contribution in [0.5, 0.6) is 0 Å². The Bertz CT molecular complexity index is 482. The van der Waals surface area contributed by atoms with Gasteiger partial charge < -0.3 is 19.8 Å². The first-order chi connectivity index (χ1) is 12.0. The van der Waals surface area contributed by atoms with E-state index in [2.05, 4.69) is 25.1 Å². The minimum absolute atomic E-state index is 0.189. The molecule has 2 N–H and O–H groups in total. The quantitative estimate of drug-likeness (QED) is 0.421. The van der Waals surface area contributed by atoms with E-state index in [1.807, 2.05) is 12.3 Å². The fourth-order valence-corrected chi connectivity index (χ4v) is 4.98. The number of allylic oxidation sites excluding steroid dienone is 1. The number of rotatable bonds is 7. The topological polar surface area (TPSA) is 52.9 Å². The molecule has 0 amide bonds. The van der Waals surface area contributed by atoms with Crippen LogP contribution in [0.3, 0.4) is 0 Å². The zero-order chi connectivity index (χ0) is 17.8. The molecule has 0 aliphatic heterocycles. The smallest absolute Gasteiger partial charge is 0.0999 e. The van der Waals surface area contributed by atoms with E-state index in [1.165, 1.54) is 18.4 Å². The SMILES string of the molecule is CN(C)CCOC=C1CC2[C@@H](C1)C[C@@H](O)[C@@H]2C=C[C@@H](O)C1CCCC1. The van der Waals surface area contributed by atoms with Gasteiger partial charge in [0.15, 0.2) is 0 Å². The molecule has 5 atom stereocenters. The maximum absolute atomic E-state index is 10.4. The highest BCUT2D eigenvalue weighted by Crippen LogP contribution is 2.50. The third-order valence-electron chi connectivity index (χ3n) is 6.43. The van der Waals surface area contributed by atoms with E-state index in [4.69, 9.17) is 4.74 Å². The molecular formula is C21H35NO3. The minimum Gasteiger partial charge on any atom is -0.500 e. The Hall–Kier alpha value is -0.840. The van der Waals surface area contributed by atoms with Gasteiger partial charge in [-0.3, -0.25) is 0 Å². The summed E-state index contributed by atoms with van der Waals surface area (Å²) in [5.74, 6) is 1.69. The van der Waals surface area contributed by atoms with Gasteiger partial charge in [0.05, 0.1) is 25.1 Å². The highest BCUT2D eigenvalue weighted by atomic mass is 16.5. The standard InChI is InChI=1S/C21H35NO3/c1-22(2)9-10-25-14-15-11-17-13-21(24)18(19(17)12-15)7-8-20(23)16-5-3-4-6-16/h7-8,14,16-21,23-24H,3-6,9-13H2,1-2H3/t17-,18+,19?,20+,21+/m0/s1. The molecule has 0 aromatic rings. The number of aliphatic hydroxyl groups is 2. The van der Waals surface area contributed by atoms with Crippen molar-refractivity contribution in [3.63, 3.8) is 0 Å². The van der Waals surface area contributed by atoms with Crippen LogP contribution in [0.15, 0.2) is 24.0 Å². The number of fused-ring (bicyclic) bond motifs is 1. The van der Waals surface area contributed by atoms with Crippen molar-refractivity contribution < 1.29 is 14.9 Å². The van der Waals surface area contributed by atoms with Crippen molar-refractivity contribution in [1.29, 1.82) is 0 Å². The Labute approximate surface area is 152 Å². The van der Waals surface area contributed by atoms with Crippen molar-refractivity contribution in [2.24, 2.45) is 23.7 Å². The lowest BCUT2D eigenvalue weighted by atomic mass is 9.89. The zero-order valence-corrected chi connectivity index (χ0v) is 15.8. The highest BCUT2D eigenvalue weighted by Gasteiger charge is 2.45. The Balaban J connectivity index is 1.52. The second-order valence-corrected chi connectivity index (χ2v) is 8.58. The fourth-order valence-electron chi connectivity index (χ4n) is 4.98. The van der Waals surface area contributed by atoms with Gasteiger partial charge in [-0.15, -0.1) is 0 Å². The van der Waals surface area contributed by atoms with Crippen molar-refractivity contribution >= 4 is 0 Å². The van der Waals surface area contributed by atoms with Crippen LogP contribution in [-0.2, 0) is 4.74 Å². The van der Waals surface area contributed by atoms with E-state index in [0.717, 1.165) is 45.3 Å². The van der Waals surface area contributed by atoms with E-state index in [1.54, 1.807) is 0 Å². The third kappa shape index (κ3) is 4.87. The van der Waals surface area contributed by atoms with Gasteiger partial charge in [-0.05, 0) is 69.5 Å². The van der Waals surface area contributed by atoms with E-state index in [-0.39, 0.29) is 18.1 Å². The van der Waals surface area contributed by atoms with Gasteiger partial charge in [0, 0.05) is 12.5 Å². The van der Waals surface area contributed by atoms with Gasteiger partial charge in [-0.2, -0.15) is 0 Å². The van der Waals surface area contributed by atoms with Crippen molar-refractivity contribution in [2.75, 3.05) is 27.2 Å². The lowest BCUT2D eigenvalue weighted by Gasteiger charge is -2.19. The number of likely N-dealkylation sites (N-methyl/N-ethyl adjacent to an activating group) is 1. The van der Waals surface area contributed by atoms with Crippen LogP contribution in [0.25, 0.3) is 0 Å². The summed E-state index contributed by atoms with van der Waals surface area (Å²) in [4.78, 5) is 2.12. The molecule has 3 saturated carbocycles. The minimum atomic E-state index is -0.334. The van der Waals surface area contributed by atoms with Crippen molar-refractivity contribution in [3.05, 3.63) is 24.0 Å². The Morgan fingerprint density at radius 1 is 1.24 bits per heavy atom. The molecule has 3 aliphatic carbocycles. The van der Waals surface area contributed by atoms with E-state index < -0.39 is 0 Å². The first-order valence-corrected chi connectivity index (χ1v) is 10.0. The van der Waals surface area contributed by atoms with Crippen LogP contribution < -0.4 is 0 Å². The summed E-state index contributed by atoms with van der Waals surface area (Å²) in [5, 5.41) is 20.8. The van der Waals surface area contributed by atoms with Gasteiger partial charge in [-0.1, -0.05) is 25.0 Å². The number of aliphatic hydroxyl groups excluding tert-OH is 2. The van der Waals surface area contributed by atoms with Gasteiger partial charge in [0.2, 0.25) is 0 Å². The van der Waals surface area contributed by atoms with Crippen LogP contribution in [-0.4, -0.2) is 54.6 Å². The van der Waals surface area contributed by atoms with Crippen molar-refractivity contribution in [3.8, 4) is 0 Å². The molecule has 0 aromatic carbocycles. The molecular weight excluding hydrogens is 314 g/mol. The number of ether oxygens (including phenoxy) is 1. The molecule has 142 valence electrons. The first kappa shape index (κ1) is 18.9. The molecule has 4 nitrogen and oxygen atoms in total. The fraction of sp³-hybridized carbons (Fsp3) is 0.810. The average molecular weight is 350 g/mol. The Morgan fingerprint density at radius 3 is 2.72 bits per heavy atom. The average Bonchev–Trinajstić information content (AvgIpc) is 3.26. The van der Waals surface area contributed by atoms with Crippen LogP contribution in [0.1, 0.15) is 44.9 Å². The molecule has 0 saturated heterocycles. The van der Waals surface area contributed by atoms with Crippen LogP contribution >= 0.6 is 0 Å². The number of nitrogens with zero attached hydrogens (tertiary/aromatic N) is 1. The molecule has 4 heteroatoms. The van der Waals surface area contributed by atoms with E-state index in [0.29, 0.717) is 17.8 Å². The first-order valence-electron chi connectivity index (χ1n) is 10.0. The number of hydrogen-bond donors (Lipinski definition) is 2. The highest BCUT2D eigenvalue weighted by molar-refractivity contribution is 5.16. The molecule has 25 heavy (non-hydrogen) atoms. The van der Waals surface area contributed by atoms with Crippen LogP contribution in [0.4, 0.5) is 0 Å². The van der Waals surface area contributed by atoms with Crippen molar-refractivity contribution in [2.45, 2.75) is 57.2 Å². The van der Waals surface area contributed by atoms with Gasteiger partial charge in [0.25, 0.3) is 0 Å². The van der Waals surface area contributed by atoms with E-state index >= 15 is 0 Å². The third-order valence-corrected chi connectivity index (χ3v) is 6.43. The lowest BCUT2D eigenvalue weighted by Crippen LogP contribution is -2.19. The molecule has 0 bridgehead atoms. The summed E-state index contributed by atoms with van der Waals surface area (Å²) in [6.07, 6.45) is 13.2. The predicted octanol–water partition coefficient (Wildman–Crippen LogP) is 2.96. The van der Waals surface area contributed by atoms with Gasteiger partial charge >= 0.3 is 0 Å². The lowest BCUT2D eigenvalue weighted by molar-refractivity contribution is 0.135. The summed E-state index contributed by atoms with van der Waals surface area (Å²) >= 11 is 0. The maximum Gasteiger partial charge on any atom is 0.0999 e. The molecule has 0 heterocycles. The molecule has 3 fully saturated rings. The Kier molecular flexibility index (Phi) is 6.59. The number of hydrogen-bond acceptors (Lipinski definition) is 4.